The van der Waals surface area contributed by atoms with Gasteiger partial charge in [0.05, 0.1) is 0 Å². The van der Waals surface area contributed by atoms with Crippen LogP contribution in [0.15, 0.2) is 23.8 Å². The van der Waals surface area contributed by atoms with Crippen LogP contribution in [0.3, 0.4) is 0 Å². The lowest BCUT2D eigenvalue weighted by molar-refractivity contribution is 0.417. The highest BCUT2D eigenvalue weighted by Crippen LogP contribution is 2.45. The normalized spacial score (nSPS) is 31.8. The number of rotatable bonds is 1. The topological polar surface area (TPSA) is 0 Å². The molecule has 2 rings (SSSR count). The third-order valence-electron chi connectivity index (χ3n) is 3.67. The zero-order chi connectivity index (χ0) is 9.31. The third-order valence-corrected chi connectivity index (χ3v) is 3.67. The lowest BCUT2D eigenvalue weighted by Gasteiger charge is -2.28. The van der Waals surface area contributed by atoms with Gasteiger partial charge in [-0.05, 0) is 36.2 Å². The molecule has 1 unspecified atom stereocenters. The summed E-state index contributed by atoms with van der Waals surface area (Å²) in [7, 11) is 0. The molecular weight excluding hydrogens is 156 g/mol. The van der Waals surface area contributed by atoms with E-state index in [9.17, 15) is 0 Å². The molecule has 0 N–H and O–H groups in total. The van der Waals surface area contributed by atoms with Crippen LogP contribution in [0.4, 0.5) is 0 Å². The molecule has 0 bridgehead atoms. The van der Waals surface area contributed by atoms with Crippen LogP contribution in [0.1, 0.15) is 46.0 Å². The maximum Gasteiger partial charge on any atom is -0.00784 e. The van der Waals surface area contributed by atoms with Gasteiger partial charge in [0.15, 0.2) is 0 Å². The molecule has 13 heavy (non-hydrogen) atoms. The van der Waals surface area contributed by atoms with E-state index in [1.54, 1.807) is 5.57 Å². The lowest BCUT2D eigenvalue weighted by atomic mass is 9.77. The summed E-state index contributed by atoms with van der Waals surface area (Å²) in [6.07, 6.45) is 14.1. The van der Waals surface area contributed by atoms with Crippen LogP contribution in [0.5, 0.6) is 0 Å². The monoisotopic (exact) mass is 176 g/mol. The summed E-state index contributed by atoms with van der Waals surface area (Å²) in [5, 5.41) is 0. The molecule has 0 heteroatoms. The van der Waals surface area contributed by atoms with Crippen LogP contribution in [0, 0.1) is 11.3 Å². The molecule has 2 aliphatic carbocycles. The van der Waals surface area contributed by atoms with Crippen molar-refractivity contribution in [2.24, 2.45) is 11.3 Å². The molecule has 0 saturated heterocycles. The van der Waals surface area contributed by atoms with Gasteiger partial charge in [-0.1, -0.05) is 44.9 Å². The Labute approximate surface area is 81.7 Å². The van der Waals surface area contributed by atoms with E-state index in [1.807, 2.05) is 0 Å². The van der Waals surface area contributed by atoms with E-state index in [2.05, 4.69) is 32.1 Å². The molecule has 0 radical (unpaired) electrons. The Morgan fingerprint density at radius 3 is 2.62 bits per heavy atom. The molecule has 1 saturated carbocycles. The van der Waals surface area contributed by atoms with Crippen molar-refractivity contribution in [1.82, 2.24) is 0 Å². The summed E-state index contributed by atoms with van der Waals surface area (Å²) >= 11 is 0. The second-order valence-electron chi connectivity index (χ2n) is 5.01. The van der Waals surface area contributed by atoms with Gasteiger partial charge in [-0.25, -0.2) is 0 Å². The minimum atomic E-state index is 0.519. The van der Waals surface area contributed by atoms with Gasteiger partial charge < -0.3 is 0 Å². The Kier molecular flexibility index (Phi) is 2.31. The van der Waals surface area contributed by atoms with Gasteiger partial charge in [0.25, 0.3) is 0 Å². The molecule has 0 spiro atoms. The largest absolute Gasteiger partial charge is 0.0837 e. The molecule has 72 valence electrons. The number of hydrogen-bond acceptors (Lipinski definition) is 0. The molecule has 1 fully saturated rings. The van der Waals surface area contributed by atoms with Crippen LogP contribution in [0.2, 0.25) is 0 Å². The van der Waals surface area contributed by atoms with Crippen LogP contribution in [-0.2, 0) is 0 Å². The van der Waals surface area contributed by atoms with Gasteiger partial charge in [-0.2, -0.15) is 0 Å². The summed E-state index contributed by atoms with van der Waals surface area (Å²) < 4.78 is 0. The van der Waals surface area contributed by atoms with E-state index in [-0.39, 0.29) is 0 Å². The summed E-state index contributed by atoms with van der Waals surface area (Å²) in [6, 6.07) is 0. The van der Waals surface area contributed by atoms with Crippen LogP contribution in [0.25, 0.3) is 0 Å². The molecule has 2 aliphatic rings. The summed E-state index contributed by atoms with van der Waals surface area (Å²) in [5.41, 5.74) is 2.13. The first-order chi connectivity index (χ1) is 6.21. The molecule has 0 heterocycles. The maximum atomic E-state index is 2.49. The van der Waals surface area contributed by atoms with E-state index in [0.29, 0.717) is 5.41 Å². The minimum Gasteiger partial charge on any atom is -0.0837 e. The Bertz CT molecular complexity index is 239. The van der Waals surface area contributed by atoms with E-state index < -0.39 is 0 Å². The zero-order valence-electron chi connectivity index (χ0n) is 8.84. The summed E-state index contributed by atoms with van der Waals surface area (Å²) in [5.74, 6) is 0.762. The van der Waals surface area contributed by atoms with E-state index in [1.165, 1.54) is 32.1 Å². The predicted octanol–water partition coefficient (Wildman–Crippen LogP) is 4.09. The second kappa shape index (κ2) is 3.32. The smallest absolute Gasteiger partial charge is 0.00784 e. The van der Waals surface area contributed by atoms with Crippen LogP contribution < -0.4 is 0 Å². The van der Waals surface area contributed by atoms with E-state index >= 15 is 0 Å². The van der Waals surface area contributed by atoms with Crippen molar-refractivity contribution in [1.29, 1.82) is 0 Å². The van der Waals surface area contributed by atoms with E-state index in [4.69, 9.17) is 0 Å². The highest BCUT2D eigenvalue weighted by atomic mass is 14.4. The highest BCUT2D eigenvalue weighted by molar-refractivity contribution is 5.30. The maximum absolute atomic E-state index is 2.49. The zero-order valence-corrected chi connectivity index (χ0v) is 8.84. The minimum absolute atomic E-state index is 0.519. The first kappa shape index (κ1) is 9.05. The summed E-state index contributed by atoms with van der Waals surface area (Å²) in [6.45, 7) is 4.76. The lowest BCUT2D eigenvalue weighted by Crippen LogP contribution is -2.15. The molecule has 0 aromatic carbocycles. The average molecular weight is 176 g/mol. The van der Waals surface area contributed by atoms with Crippen molar-refractivity contribution in [3.8, 4) is 0 Å². The van der Waals surface area contributed by atoms with Crippen molar-refractivity contribution < 1.29 is 0 Å². The SMILES string of the molecule is CC1C=C(C2(C)CCCC2)C=CC1. The van der Waals surface area contributed by atoms with Crippen molar-refractivity contribution in [3.63, 3.8) is 0 Å². The molecular formula is C13H20. The summed E-state index contributed by atoms with van der Waals surface area (Å²) in [4.78, 5) is 0. The quantitative estimate of drug-likeness (QED) is 0.564. The fourth-order valence-corrected chi connectivity index (χ4v) is 2.69. The molecule has 1 atom stereocenters. The average Bonchev–Trinajstić information content (AvgIpc) is 2.54. The van der Waals surface area contributed by atoms with Crippen molar-refractivity contribution in [2.45, 2.75) is 46.0 Å². The van der Waals surface area contributed by atoms with Gasteiger partial charge in [-0.15, -0.1) is 0 Å². The van der Waals surface area contributed by atoms with Crippen molar-refractivity contribution in [3.05, 3.63) is 23.8 Å². The predicted molar refractivity (Wildman–Crippen MR) is 57.6 cm³/mol. The molecule has 0 aromatic heterocycles. The first-order valence-corrected chi connectivity index (χ1v) is 5.59. The van der Waals surface area contributed by atoms with Crippen molar-refractivity contribution >= 4 is 0 Å². The highest BCUT2D eigenvalue weighted by Gasteiger charge is 2.31. The third kappa shape index (κ3) is 1.72. The Morgan fingerprint density at radius 2 is 2.00 bits per heavy atom. The Hall–Kier alpha value is -0.520. The molecule has 0 amide bonds. The van der Waals surface area contributed by atoms with Gasteiger partial charge in [0.1, 0.15) is 0 Å². The standard InChI is InChI=1S/C13H20/c1-11-6-5-7-12(10-11)13(2)8-3-4-9-13/h5,7,10-11H,3-4,6,8-9H2,1-2H3. The Balaban J connectivity index is 2.19. The van der Waals surface area contributed by atoms with E-state index in [0.717, 1.165) is 5.92 Å². The second-order valence-corrected chi connectivity index (χ2v) is 5.01. The molecule has 0 nitrogen and oxygen atoms in total. The first-order valence-electron chi connectivity index (χ1n) is 5.59. The van der Waals surface area contributed by atoms with Crippen molar-refractivity contribution in [2.75, 3.05) is 0 Å². The Morgan fingerprint density at radius 1 is 1.31 bits per heavy atom. The fourth-order valence-electron chi connectivity index (χ4n) is 2.69. The van der Waals surface area contributed by atoms with Gasteiger partial charge >= 0.3 is 0 Å². The molecule has 0 aromatic rings. The van der Waals surface area contributed by atoms with Gasteiger partial charge in [0, 0.05) is 0 Å². The fraction of sp³-hybridized carbons (Fsp3) is 0.692. The van der Waals surface area contributed by atoms with Gasteiger partial charge in [-0.3, -0.25) is 0 Å². The molecule has 0 aliphatic heterocycles. The van der Waals surface area contributed by atoms with Crippen LogP contribution >= 0.6 is 0 Å². The van der Waals surface area contributed by atoms with Gasteiger partial charge in [0.2, 0.25) is 0 Å². The number of allylic oxidation sites excluding steroid dienone is 4. The number of hydrogen-bond donors (Lipinski definition) is 0. The van der Waals surface area contributed by atoms with Crippen LogP contribution in [-0.4, -0.2) is 0 Å².